The van der Waals surface area contributed by atoms with Crippen molar-refractivity contribution in [2.45, 2.75) is 42.8 Å². The third-order valence-electron chi connectivity index (χ3n) is 5.42. The number of benzene rings is 2. The summed E-state index contributed by atoms with van der Waals surface area (Å²) in [5, 5.41) is 20.0. The minimum atomic E-state index is -0.457. The summed E-state index contributed by atoms with van der Waals surface area (Å²) in [7, 11) is 1.77. The molecule has 2 heterocycles. The van der Waals surface area contributed by atoms with Crippen LogP contribution < -0.4 is 0 Å². The standard InChI is InChI=1S/C22H23N5O3S/c1-14-9-15(2)11-17(10-14)18-5-4-8-26(18)21(28)16-6-7-20(19(12-16)27(29)30)31-22-24-23-13-25(22)3/h6-7,9-13,18H,4-5,8H2,1-3H3. The predicted octanol–water partition coefficient (Wildman–Crippen LogP) is 4.47. The monoisotopic (exact) mass is 437 g/mol. The lowest BCUT2D eigenvalue weighted by Crippen LogP contribution is -2.30. The molecule has 1 aliphatic heterocycles. The number of rotatable bonds is 5. The molecular weight excluding hydrogens is 414 g/mol. The first-order valence-corrected chi connectivity index (χ1v) is 10.8. The summed E-state index contributed by atoms with van der Waals surface area (Å²) in [5.74, 6) is -0.181. The second kappa shape index (κ2) is 8.50. The zero-order valence-electron chi connectivity index (χ0n) is 17.6. The quantitative estimate of drug-likeness (QED) is 0.432. The summed E-state index contributed by atoms with van der Waals surface area (Å²) in [6.07, 6.45) is 3.33. The molecule has 0 N–H and O–H groups in total. The van der Waals surface area contributed by atoms with Gasteiger partial charge in [-0.05, 0) is 56.1 Å². The maximum atomic E-state index is 13.3. The number of aromatic nitrogens is 3. The molecule has 1 fully saturated rings. The molecule has 0 saturated carbocycles. The van der Waals surface area contributed by atoms with E-state index in [-0.39, 0.29) is 17.6 Å². The number of nitrogens with zero attached hydrogens (tertiary/aromatic N) is 5. The van der Waals surface area contributed by atoms with Gasteiger partial charge in [-0.1, -0.05) is 29.3 Å². The molecule has 1 amide bonds. The average molecular weight is 438 g/mol. The van der Waals surface area contributed by atoms with Crippen LogP contribution in [0.4, 0.5) is 5.69 Å². The molecule has 0 aliphatic carbocycles. The molecule has 1 unspecified atom stereocenters. The van der Waals surface area contributed by atoms with Gasteiger partial charge in [0.2, 0.25) is 0 Å². The molecule has 1 aliphatic rings. The van der Waals surface area contributed by atoms with Crippen molar-refractivity contribution in [1.29, 1.82) is 0 Å². The van der Waals surface area contributed by atoms with Gasteiger partial charge in [-0.3, -0.25) is 14.9 Å². The van der Waals surface area contributed by atoms with E-state index in [0.717, 1.165) is 41.3 Å². The highest BCUT2D eigenvalue weighted by Crippen LogP contribution is 2.37. The van der Waals surface area contributed by atoms with E-state index in [1.165, 1.54) is 12.4 Å². The minimum absolute atomic E-state index is 0.0159. The summed E-state index contributed by atoms with van der Waals surface area (Å²) in [6.45, 7) is 4.74. The van der Waals surface area contributed by atoms with Crippen LogP contribution in [0.15, 0.2) is 52.8 Å². The van der Waals surface area contributed by atoms with Crippen LogP contribution in [0.2, 0.25) is 0 Å². The molecule has 160 valence electrons. The number of hydrogen-bond donors (Lipinski definition) is 0. The minimum Gasteiger partial charge on any atom is -0.332 e. The molecule has 2 aromatic carbocycles. The Kier molecular flexibility index (Phi) is 5.77. The molecule has 1 saturated heterocycles. The van der Waals surface area contributed by atoms with E-state index >= 15 is 0 Å². The van der Waals surface area contributed by atoms with E-state index in [2.05, 4.69) is 42.2 Å². The number of amides is 1. The Bertz CT molecular complexity index is 1140. The first-order chi connectivity index (χ1) is 14.8. The van der Waals surface area contributed by atoms with Crippen molar-refractivity contribution in [3.8, 4) is 0 Å². The Balaban J connectivity index is 1.64. The highest BCUT2D eigenvalue weighted by Gasteiger charge is 2.32. The number of nitro groups is 1. The third-order valence-corrected chi connectivity index (χ3v) is 6.53. The van der Waals surface area contributed by atoms with Gasteiger partial charge in [-0.25, -0.2) is 0 Å². The van der Waals surface area contributed by atoms with E-state index in [0.29, 0.717) is 22.2 Å². The van der Waals surface area contributed by atoms with Crippen LogP contribution in [0, 0.1) is 24.0 Å². The normalized spacial score (nSPS) is 16.0. The summed E-state index contributed by atoms with van der Waals surface area (Å²) >= 11 is 1.15. The van der Waals surface area contributed by atoms with Crippen LogP contribution in [0.1, 0.15) is 45.9 Å². The van der Waals surface area contributed by atoms with Crippen molar-refractivity contribution >= 4 is 23.4 Å². The zero-order valence-corrected chi connectivity index (χ0v) is 18.4. The molecule has 0 radical (unpaired) electrons. The van der Waals surface area contributed by atoms with Crippen molar-refractivity contribution in [3.05, 3.63) is 75.1 Å². The fourth-order valence-corrected chi connectivity index (χ4v) is 4.92. The van der Waals surface area contributed by atoms with Crippen LogP contribution in [-0.2, 0) is 7.05 Å². The van der Waals surface area contributed by atoms with Crippen molar-refractivity contribution in [3.63, 3.8) is 0 Å². The van der Waals surface area contributed by atoms with Gasteiger partial charge in [0.25, 0.3) is 11.6 Å². The Morgan fingerprint density at radius 2 is 1.94 bits per heavy atom. The number of nitro benzene ring substituents is 1. The Hall–Kier alpha value is -3.20. The molecule has 9 heteroatoms. The highest BCUT2D eigenvalue weighted by atomic mass is 32.2. The molecule has 1 atom stereocenters. The SMILES string of the molecule is Cc1cc(C)cc(C2CCCN2C(=O)c2ccc(Sc3nncn3C)c([N+](=O)[O-])c2)c1. The summed E-state index contributed by atoms with van der Waals surface area (Å²) in [4.78, 5) is 26.8. The van der Waals surface area contributed by atoms with Crippen LogP contribution in [-0.4, -0.2) is 37.0 Å². The van der Waals surface area contributed by atoms with E-state index in [9.17, 15) is 14.9 Å². The van der Waals surface area contributed by atoms with Crippen LogP contribution >= 0.6 is 11.8 Å². The van der Waals surface area contributed by atoms with Crippen molar-refractivity contribution in [1.82, 2.24) is 19.7 Å². The summed E-state index contributed by atoms with van der Waals surface area (Å²) < 4.78 is 1.69. The van der Waals surface area contributed by atoms with E-state index in [1.54, 1.807) is 23.7 Å². The number of aryl methyl sites for hydroxylation is 3. The molecule has 0 spiro atoms. The molecule has 0 bridgehead atoms. The lowest BCUT2D eigenvalue weighted by Gasteiger charge is -2.26. The Labute approximate surface area is 184 Å². The van der Waals surface area contributed by atoms with Gasteiger partial charge in [-0.15, -0.1) is 10.2 Å². The topological polar surface area (TPSA) is 94.2 Å². The van der Waals surface area contributed by atoms with Crippen LogP contribution in [0.5, 0.6) is 0 Å². The highest BCUT2D eigenvalue weighted by molar-refractivity contribution is 7.99. The first-order valence-electron chi connectivity index (χ1n) is 10.0. The fourth-order valence-electron chi connectivity index (χ4n) is 4.07. The van der Waals surface area contributed by atoms with Gasteiger partial charge >= 0.3 is 0 Å². The molecular formula is C22H23N5O3S. The van der Waals surface area contributed by atoms with Gasteiger partial charge in [0.1, 0.15) is 6.33 Å². The van der Waals surface area contributed by atoms with Gasteiger partial charge in [0.05, 0.1) is 15.9 Å². The van der Waals surface area contributed by atoms with Gasteiger partial charge in [0, 0.05) is 25.2 Å². The predicted molar refractivity (Wildman–Crippen MR) is 117 cm³/mol. The second-order valence-electron chi connectivity index (χ2n) is 7.84. The van der Waals surface area contributed by atoms with Crippen molar-refractivity contribution < 1.29 is 9.72 Å². The number of hydrogen-bond acceptors (Lipinski definition) is 6. The van der Waals surface area contributed by atoms with Crippen molar-refractivity contribution in [2.24, 2.45) is 7.05 Å². The zero-order chi connectivity index (χ0) is 22.1. The molecule has 31 heavy (non-hydrogen) atoms. The van der Waals surface area contributed by atoms with Gasteiger partial charge in [0.15, 0.2) is 5.16 Å². The average Bonchev–Trinajstić information content (AvgIpc) is 3.36. The molecule has 3 aromatic rings. The number of carbonyl (C=O) groups is 1. The molecule has 1 aromatic heterocycles. The summed E-state index contributed by atoms with van der Waals surface area (Å²) in [6, 6.07) is 11.0. The lowest BCUT2D eigenvalue weighted by atomic mass is 9.99. The summed E-state index contributed by atoms with van der Waals surface area (Å²) in [5.41, 5.74) is 3.66. The first kappa shape index (κ1) is 21.0. The van der Waals surface area contributed by atoms with Crippen LogP contribution in [0.3, 0.4) is 0 Å². The lowest BCUT2D eigenvalue weighted by molar-refractivity contribution is -0.387. The fraction of sp³-hybridized carbons (Fsp3) is 0.318. The van der Waals surface area contributed by atoms with Crippen molar-refractivity contribution in [2.75, 3.05) is 6.54 Å². The Morgan fingerprint density at radius 1 is 1.19 bits per heavy atom. The van der Waals surface area contributed by atoms with E-state index in [4.69, 9.17) is 0 Å². The molecule has 8 nitrogen and oxygen atoms in total. The number of likely N-dealkylation sites (tertiary alicyclic amines) is 1. The Morgan fingerprint density at radius 3 is 2.58 bits per heavy atom. The molecule has 4 rings (SSSR count). The van der Waals surface area contributed by atoms with Gasteiger partial charge < -0.3 is 9.47 Å². The van der Waals surface area contributed by atoms with E-state index < -0.39 is 4.92 Å². The van der Waals surface area contributed by atoms with E-state index in [1.807, 2.05) is 4.90 Å². The van der Waals surface area contributed by atoms with Gasteiger partial charge in [-0.2, -0.15) is 0 Å². The maximum Gasteiger partial charge on any atom is 0.284 e. The smallest absolute Gasteiger partial charge is 0.284 e. The maximum absolute atomic E-state index is 13.3. The second-order valence-corrected chi connectivity index (χ2v) is 8.85. The third kappa shape index (κ3) is 4.32. The number of carbonyl (C=O) groups excluding carboxylic acids is 1. The largest absolute Gasteiger partial charge is 0.332 e. The van der Waals surface area contributed by atoms with Crippen LogP contribution in [0.25, 0.3) is 0 Å².